The van der Waals surface area contributed by atoms with Crippen molar-refractivity contribution in [1.29, 1.82) is 0 Å². The molecule has 2 aliphatic heterocycles. The molecule has 0 saturated carbocycles. The first kappa shape index (κ1) is 12.6. The average Bonchev–Trinajstić information content (AvgIpc) is 3.00. The van der Waals surface area contributed by atoms with Gasteiger partial charge in [-0.1, -0.05) is 12.1 Å². The average molecular weight is 289 g/mol. The van der Waals surface area contributed by atoms with Crippen molar-refractivity contribution >= 4 is 22.7 Å². The normalized spacial score (nSPS) is 26.2. The molecular weight excluding hydrogens is 273 g/mol. The summed E-state index contributed by atoms with van der Waals surface area (Å²) in [5, 5.41) is 5.01. The monoisotopic (exact) mass is 289 g/mol. The number of fused-ring (bicyclic) bond motifs is 2. The Hall–Kier alpha value is -1.17. The largest absolute Gasteiger partial charge is 0.316 e. The van der Waals surface area contributed by atoms with Crippen molar-refractivity contribution in [3.05, 3.63) is 36.4 Å². The summed E-state index contributed by atoms with van der Waals surface area (Å²) in [7, 11) is 0. The second-order valence-corrected chi connectivity index (χ2v) is 6.73. The first-order valence-electron chi connectivity index (χ1n) is 6.97. The van der Waals surface area contributed by atoms with E-state index in [1.54, 1.807) is 18.1 Å². The number of halogens is 1. The van der Waals surface area contributed by atoms with Gasteiger partial charge < -0.3 is 5.32 Å². The van der Waals surface area contributed by atoms with Gasteiger partial charge in [0.15, 0.2) is 0 Å². The lowest BCUT2D eigenvalue weighted by Crippen LogP contribution is -2.20. The van der Waals surface area contributed by atoms with Crippen molar-refractivity contribution in [2.24, 2.45) is 11.8 Å². The molecule has 4 rings (SSSR count). The van der Waals surface area contributed by atoms with Crippen LogP contribution in [0.25, 0.3) is 10.8 Å². The molecule has 0 spiro atoms. The summed E-state index contributed by atoms with van der Waals surface area (Å²) in [4.78, 5) is 4.92. The lowest BCUT2D eigenvalue weighted by molar-refractivity contribution is 0.520. The zero-order valence-corrected chi connectivity index (χ0v) is 11.9. The third kappa shape index (κ3) is 2.10. The van der Waals surface area contributed by atoms with Crippen LogP contribution in [0.5, 0.6) is 0 Å². The molecule has 2 aromatic rings. The summed E-state index contributed by atoms with van der Waals surface area (Å²) < 4.78 is 16.4. The fourth-order valence-corrected chi connectivity index (χ4v) is 4.52. The van der Waals surface area contributed by atoms with E-state index in [-0.39, 0.29) is 5.82 Å². The van der Waals surface area contributed by atoms with Gasteiger partial charge in [0, 0.05) is 35.0 Å². The van der Waals surface area contributed by atoms with Crippen molar-refractivity contribution in [1.82, 2.24) is 14.6 Å². The molecular formula is C15H16FN3S. The van der Waals surface area contributed by atoms with Gasteiger partial charge in [-0.15, -0.1) is 0 Å². The number of aromatic nitrogens is 1. The van der Waals surface area contributed by atoms with Crippen LogP contribution in [-0.4, -0.2) is 35.5 Å². The summed E-state index contributed by atoms with van der Waals surface area (Å²) in [6.45, 7) is 4.42. The molecule has 0 bridgehead atoms. The van der Waals surface area contributed by atoms with Crippen molar-refractivity contribution in [3.8, 4) is 0 Å². The molecule has 2 atom stereocenters. The molecule has 1 N–H and O–H groups in total. The van der Waals surface area contributed by atoms with Gasteiger partial charge in [-0.2, -0.15) is 0 Å². The number of hydrogen-bond acceptors (Lipinski definition) is 4. The summed E-state index contributed by atoms with van der Waals surface area (Å²) in [5.41, 5.74) is 0. The number of hydrogen-bond donors (Lipinski definition) is 1. The zero-order valence-electron chi connectivity index (χ0n) is 11.1. The highest BCUT2D eigenvalue weighted by molar-refractivity contribution is 7.97. The molecule has 2 saturated heterocycles. The molecule has 2 unspecified atom stereocenters. The Balaban J connectivity index is 1.63. The standard InChI is InChI=1S/C15H16FN3S/c16-13-7-18-4-10-2-1-3-14(15(10)13)20-19-8-11-5-17-6-12(11)9-19/h1-4,7,11-12,17H,5-6,8-9H2. The van der Waals surface area contributed by atoms with Gasteiger partial charge in [-0.25, -0.2) is 8.70 Å². The van der Waals surface area contributed by atoms with Gasteiger partial charge in [0.2, 0.25) is 0 Å². The molecule has 0 aliphatic carbocycles. The van der Waals surface area contributed by atoms with Crippen molar-refractivity contribution in [3.63, 3.8) is 0 Å². The van der Waals surface area contributed by atoms with Crippen molar-refractivity contribution in [2.45, 2.75) is 4.90 Å². The van der Waals surface area contributed by atoms with Gasteiger partial charge in [0.1, 0.15) is 5.82 Å². The van der Waals surface area contributed by atoms with Gasteiger partial charge in [-0.05, 0) is 42.9 Å². The van der Waals surface area contributed by atoms with Gasteiger partial charge in [0.25, 0.3) is 0 Å². The molecule has 20 heavy (non-hydrogen) atoms. The van der Waals surface area contributed by atoms with Crippen LogP contribution in [0.15, 0.2) is 35.5 Å². The van der Waals surface area contributed by atoms with E-state index < -0.39 is 0 Å². The van der Waals surface area contributed by atoms with Crippen LogP contribution < -0.4 is 5.32 Å². The van der Waals surface area contributed by atoms with E-state index in [0.29, 0.717) is 5.39 Å². The Labute approximate surface area is 121 Å². The van der Waals surface area contributed by atoms with Crippen LogP contribution in [0.1, 0.15) is 0 Å². The Morgan fingerprint density at radius 2 is 2.00 bits per heavy atom. The van der Waals surface area contributed by atoms with E-state index in [9.17, 15) is 4.39 Å². The van der Waals surface area contributed by atoms with Crippen molar-refractivity contribution < 1.29 is 4.39 Å². The highest BCUT2D eigenvalue weighted by Crippen LogP contribution is 2.37. The number of benzene rings is 1. The first-order valence-corrected chi connectivity index (χ1v) is 7.74. The second kappa shape index (κ2) is 4.98. The lowest BCUT2D eigenvalue weighted by Gasteiger charge is -2.17. The zero-order chi connectivity index (χ0) is 13.5. The Bertz CT molecular complexity index is 631. The van der Waals surface area contributed by atoms with E-state index in [2.05, 4.69) is 14.6 Å². The summed E-state index contributed by atoms with van der Waals surface area (Å²) in [6, 6.07) is 5.89. The van der Waals surface area contributed by atoms with Crippen LogP contribution in [0.2, 0.25) is 0 Å². The maximum Gasteiger partial charge on any atom is 0.150 e. The molecule has 104 valence electrons. The fourth-order valence-electron chi connectivity index (χ4n) is 3.26. The third-order valence-electron chi connectivity index (χ3n) is 4.28. The van der Waals surface area contributed by atoms with Gasteiger partial charge in [-0.3, -0.25) is 4.98 Å². The van der Waals surface area contributed by atoms with E-state index in [4.69, 9.17) is 0 Å². The van der Waals surface area contributed by atoms with E-state index in [0.717, 1.165) is 48.3 Å². The first-order chi connectivity index (χ1) is 9.81. The van der Waals surface area contributed by atoms with Gasteiger partial charge >= 0.3 is 0 Å². The lowest BCUT2D eigenvalue weighted by atomic mass is 10.0. The number of pyridine rings is 1. The minimum absolute atomic E-state index is 0.230. The molecule has 3 nitrogen and oxygen atoms in total. The van der Waals surface area contributed by atoms with E-state index >= 15 is 0 Å². The number of rotatable bonds is 2. The predicted octanol–water partition coefficient (Wildman–Crippen LogP) is 2.53. The molecule has 1 aromatic heterocycles. The highest BCUT2D eigenvalue weighted by atomic mass is 32.2. The second-order valence-electron chi connectivity index (χ2n) is 5.59. The highest BCUT2D eigenvalue weighted by Gasteiger charge is 2.36. The predicted molar refractivity (Wildman–Crippen MR) is 79.0 cm³/mol. The molecule has 5 heteroatoms. The summed E-state index contributed by atoms with van der Waals surface area (Å²) in [5.74, 6) is 1.28. The third-order valence-corrected chi connectivity index (χ3v) is 5.38. The molecule has 0 radical (unpaired) electrons. The Morgan fingerprint density at radius 3 is 2.80 bits per heavy atom. The maximum absolute atomic E-state index is 14.0. The van der Waals surface area contributed by atoms with Crippen LogP contribution in [0, 0.1) is 17.7 Å². The van der Waals surface area contributed by atoms with Crippen LogP contribution in [0.4, 0.5) is 4.39 Å². The minimum atomic E-state index is -0.230. The smallest absolute Gasteiger partial charge is 0.150 e. The molecule has 1 aromatic carbocycles. The number of nitrogens with zero attached hydrogens (tertiary/aromatic N) is 2. The van der Waals surface area contributed by atoms with E-state index in [1.165, 1.54) is 6.20 Å². The molecule has 2 fully saturated rings. The molecule has 3 heterocycles. The van der Waals surface area contributed by atoms with Crippen LogP contribution in [-0.2, 0) is 0 Å². The quantitative estimate of drug-likeness (QED) is 0.860. The molecule has 0 amide bonds. The van der Waals surface area contributed by atoms with Crippen molar-refractivity contribution in [2.75, 3.05) is 26.2 Å². The Kier molecular flexibility index (Phi) is 3.13. The minimum Gasteiger partial charge on any atom is -0.316 e. The van der Waals surface area contributed by atoms with Crippen LogP contribution in [0.3, 0.4) is 0 Å². The van der Waals surface area contributed by atoms with Gasteiger partial charge in [0.05, 0.1) is 6.20 Å². The summed E-state index contributed by atoms with van der Waals surface area (Å²) in [6.07, 6.45) is 3.03. The Morgan fingerprint density at radius 1 is 1.20 bits per heavy atom. The SMILES string of the molecule is Fc1cncc2cccc(SN3CC4CNCC4C3)c12. The summed E-state index contributed by atoms with van der Waals surface area (Å²) >= 11 is 1.69. The van der Waals surface area contributed by atoms with Crippen LogP contribution >= 0.6 is 11.9 Å². The fraction of sp³-hybridized carbons (Fsp3) is 0.400. The molecule has 2 aliphatic rings. The number of nitrogens with one attached hydrogen (secondary N) is 1. The maximum atomic E-state index is 14.0. The van der Waals surface area contributed by atoms with E-state index in [1.807, 2.05) is 18.2 Å². The topological polar surface area (TPSA) is 28.2 Å².